The highest BCUT2D eigenvalue weighted by Crippen LogP contribution is 2.32. The van der Waals surface area contributed by atoms with Crippen LogP contribution in [-0.2, 0) is 6.42 Å². The number of pyridine rings is 1. The van der Waals surface area contributed by atoms with E-state index >= 15 is 0 Å². The van der Waals surface area contributed by atoms with Gasteiger partial charge in [-0.1, -0.05) is 32.7 Å². The first-order valence-electron chi connectivity index (χ1n) is 4.72. The summed E-state index contributed by atoms with van der Waals surface area (Å²) >= 11 is 9.18. The number of aromatic nitrogens is 1. The van der Waals surface area contributed by atoms with Crippen molar-refractivity contribution in [1.29, 1.82) is 0 Å². The zero-order chi connectivity index (χ0) is 10.8. The van der Waals surface area contributed by atoms with Crippen LogP contribution in [0.3, 0.4) is 0 Å². The molecule has 1 aliphatic rings. The molecule has 1 aromatic heterocycles. The predicted molar refractivity (Wildman–Crippen MR) is 62.6 cm³/mol. The molecule has 0 unspecified atom stereocenters. The minimum absolute atomic E-state index is 0.439. The fraction of sp³-hybridized carbons (Fsp3) is 0.400. The zero-order valence-electron chi connectivity index (χ0n) is 7.95. The van der Waals surface area contributed by atoms with Crippen molar-refractivity contribution in [1.82, 2.24) is 4.98 Å². The second kappa shape index (κ2) is 4.49. The van der Waals surface area contributed by atoms with E-state index < -0.39 is 0 Å². The molecule has 80 valence electrons. The summed E-state index contributed by atoms with van der Waals surface area (Å²) in [6.45, 7) is 0. The fourth-order valence-corrected chi connectivity index (χ4v) is 2.31. The molecule has 1 aromatic rings. The maximum absolute atomic E-state index is 8.85. The van der Waals surface area contributed by atoms with Crippen molar-refractivity contribution < 1.29 is 5.21 Å². The molecule has 0 radical (unpaired) electrons. The van der Waals surface area contributed by atoms with Gasteiger partial charge in [0.2, 0.25) is 0 Å². The maximum Gasteiger partial charge on any atom is 0.130 e. The van der Waals surface area contributed by atoms with E-state index in [2.05, 4.69) is 26.1 Å². The largest absolute Gasteiger partial charge is 0.411 e. The summed E-state index contributed by atoms with van der Waals surface area (Å²) in [5.74, 6) is 0.439. The lowest BCUT2D eigenvalue weighted by Gasteiger charge is -2.03. The number of hydrogen-bond acceptors (Lipinski definition) is 3. The van der Waals surface area contributed by atoms with Crippen LogP contribution in [0.4, 0.5) is 0 Å². The van der Waals surface area contributed by atoms with E-state index in [9.17, 15) is 0 Å². The van der Waals surface area contributed by atoms with E-state index in [1.54, 1.807) is 6.07 Å². The van der Waals surface area contributed by atoms with Gasteiger partial charge >= 0.3 is 0 Å². The second-order valence-corrected chi connectivity index (χ2v) is 4.94. The molecule has 0 saturated heterocycles. The SMILES string of the molecule is O/N=C(/Cc1cc(Br)cc(Cl)n1)C1CC1. The van der Waals surface area contributed by atoms with E-state index in [1.807, 2.05) is 6.07 Å². The summed E-state index contributed by atoms with van der Waals surface area (Å²) < 4.78 is 0.894. The highest BCUT2D eigenvalue weighted by atomic mass is 79.9. The molecular formula is C10H10BrClN2O. The average Bonchev–Trinajstić information content (AvgIpc) is 2.95. The summed E-state index contributed by atoms with van der Waals surface area (Å²) in [6, 6.07) is 3.62. The Morgan fingerprint density at radius 3 is 2.87 bits per heavy atom. The van der Waals surface area contributed by atoms with Crippen molar-refractivity contribution in [2.24, 2.45) is 11.1 Å². The molecule has 1 aliphatic carbocycles. The Bertz CT molecular complexity index is 384. The van der Waals surface area contributed by atoms with Crippen LogP contribution < -0.4 is 0 Å². The quantitative estimate of drug-likeness (QED) is 0.402. The fourth-order valence-electron chi connectivity index (χ4n) is 1.47. The van der Waals surface area contributed by atoms with Crippen LogP contribution >= 0.6 is 27.5 Å². The molecule has 2 rings (SSSR count). The predicted octanol–water partition coefficient (Wildman–Crippen LogP) is 3.28. The van der Waals surface area contributed by atoms with Crippen molar-refractivity contribution in [3.63, 3.8) is 0 Å². The van der Waals surface area contributed by atoms with Gasteiger partial charge in [0.25, 0.3) is 0 Å². The lowest BCUT2D eigenvalue weighted by molar-refractivity contribution is 0.316. The lowest BCUT2D eigenvalue weighted by atomic mass is 10.1. The Balaban J connectivity index is 2.15. The van der Waals surface area contributed by atoms with Gasteiger partial charge in [0.05, 0.1) is 5.71 Å². The molecule has 1 saturated carbocycles. The molecule has 3 nitrogen and oxygen atoms in total. The zero-order valence-corrected chi connectivity index (χ0v) is 10.3. The van der Waals surface area contributed by atoms with Gasteiger partial charge in [-0.25, -0.2) is 4.98 Å². The van der Waals surface area contributed by atoms with Gasteiger partial charge in [0.1, 0.15) is 5.15 Å². The molecule has 0 aromatic carbocycles. The first-order valence-corrected chi connectivity index (χ1v) is 5.89. The first kappa shape index (κ1) is 10.9. The van der Waals surface area contributed by atoms with Gasteiger partial charge < -0.3 is 5.21 Å². The molecular weight excluding hydrogens is 279 g/mol. The summed E-state index contributed by atoms with van der Waals surface area (Å²) in [5.41, 5.74) is 1.63. The minimum Gasteiger partial charge on any atom is -0.411 e. The second-order valence-electron chi connectivity index (χ2n) is 3.64. The molecule has 0 aliphatic heterocycles. The van der Waals surface area contributed by atoms with E-state index in [0.29, 0.717) is 17.5 Å². The van der Waals surface area contributed by atoms with Gasteiger partial charge in [-0.05, 0) is 25.0 Å². The van der Waals surface area contributed by atoms with E-state index in [1.165, 1.54) is 0 Å². The normalized spacial score (nSPS) is 16.8. The monoisotopic (exact) mass is 288 g/mol. The smallest absolute Gasteiger partial charge is 0.130 e. The minimum atomic E-state index is 0.439. The third-order valence-corrected chi connectivity index (χ3v) is 3.00. The maximum atomic E-state index is 8.85. The standard InChI is InChI=1S/C10H10BrClN2O/c11-7-3-8(13-10(12)4-7)5-9(14-15)6-1-2-6/h3-4,6,15H,1-2,5H2/b14-9-. The number of rotatable bonds is 3. The Morgan fingerprint density at radius 2 is 2.33 bits per heavy atom. The highest BCUT2D eigenvalue weighted by Gasteiger charge is 2.28. The summed E-state index contributed by atoms with van der Waals surface area (Å²) in [5, 5.41) is 12.6. The van der Waals surface area contributed by atoms with Crippen LogP contribution in [-0.4, -0.2) is 15.9 Å². The lowest BCUT2D eigenvalue weighted by Crippen LogP contribution is -2.07. The Labute approximate surface area is 101 Å². The van der Waals surface area contributed by atoms with Gasteiger partial charge in [0.15, 0.2) is 0 Å². The Hall–Kier alpha value is -0.610. The van der Waals surface area contributed by atoms with Crippen LogP contribution in [0.1, 0.15) is 18.5 Å². The Kier molecular flexibility index (Phi) is 3.26. The number of hydrogen-bond donors (Lipinski definition) is 1. The van der Waals surface area contributed by atoms with Crippen LogP contribution in [0.15, 0.2) is 21.8 Å². The summed E-state index contributed by atoms with van der Waals surface area (Å²) in [6.07, 6.45) is 2.79. The summed E-state index contributed by atoms with van der Waals surface area (Å²) in [4.78, 5) is 4.18. The Morgan fingerprint density at radius 1 is 1.60 bits per heavy atom. The third-order valence-electron chi connectivity index (χ3n) is 2.35. The van der Waals surface area contributed by atoms with Crippen LogP contribution in [0.2, 0.25) is 5.15 Å². The molecule has 15 heavy (non-hydrogen) atoms. The number of oxime groups is 1. The van der Waals surface area contributed by atoms with E-state index in [0.717, 1.165) is 28.7 Å². The van der Waals surface area contributed by atoms with E-state index in [4.69, 9.17) is 16.8 Å². The van der Waals surface area contributed by atoms with Crippen molar-refractivity contribution in [2.45, 2.75) is 19.3 Å². The molecule has 1 fully saturated rings. The average molecular weight is 290 g/mol. The molecule has 5 heteroatoms. The summed E-state index contributed by atoms with van der Waals surface area (Å²) in [7, 11) is 0. The molecule has 0 atom stereocenters. The molecule has 1 N–H and O–H groups in total. The number of halogens is 2. The van der Waals surface area contributed by atoms with Gasteiger partial charge in [-0.15, -0.1) is 0 Å². The molecule has 1 heterocycles. The van der Waals surface area contributed by atoms with Crippen molar-refractivity contribution in [2.75, 3.05) is 0 Å². The van der Waals surface area contributed by atoms with Crippen LogP contribution in [0.25, 0.3) is 0 Å². The van der Waals surface area contributed by atoms with Gasteiger partial charge in [-0.3, -0.25) is 0 Å². The first-order chi connectivity index (χ1) is 7.19. The van der Waals surface area contributed by atoms with Crippen LogP contribution in [0.5, 0.6) is 0 Å². The van der Waals surface area contributed by atoms with Gasteiger partial charge in [-0.2, -0.15) is 0 Å². The van der Waals surface area contributed by atoms with E-state index in [-0.39, 0.29) is 0 Å². The molecule has 0 spiro atoms. The van der Waals surface area contributed by atoms with Gasteiger partial charge in [0, 0.05) is 22.5 Å². The highest BCUT2D eigenvalue weighted by molar-refractivity contribution is 9.10. The number of nitrogens with zero attached hydrogens (tertiary/aromatic N) is 2. The van der Waals surface area contributed by atoms with Crippen LogP contribution in [0, 0.1) is 5.92 Å². The van der Waals surface area contributed by atoms with Crippen molar-refractivity contribution in [3.05, 3.63) is 27.5 Å². The van der Waals surface area contributed by atoms with Crippen molar-refractivity contribution >= 4 is 33.2 Å². The van der Waals surface area contributed by atoms with Crippen molar-refractivity contribution in [3.8, 4) is 0 Å². The third kappa shape index (κ3) is 2.92. The molecule has 0 amide bonds. The molecule has 0 bridgehead atoms. The topological polar surface area (TPSA) is 45.5 Å².